The fourth-order valence-corrected chi connectivity index (χ4v) is 4.77. The topological polar surface area (TPSA) is 127 Å². The molecule has 2 amide bonds. The van der Waals surface area contributed by atoms with Gasteiger partial charge in [0.15, 0.2) is 11.6 Å². The van der Waals surface area contributed by atoms with E-state index < -0.39 is 27.7 Å². The molecule has 0 aromatic heterocycles. The molecule has 13 heteroatoms. The van der Waals surface area contributed by atoms with Crippen molar-refractivity contribution >= 4 is 55.1 Å². The smallest absolute Gasteiger partial charge is 0.542 e. The Kier molecular flexibility index (Phi) is 10.7. The van der Waals surface area contributed by atoms with E-state index in [1.165, 1.54) is 24.3 Å². The fourth-order valence-electron chi connectivity index (χ4n) is 3.14. The average molecular weight is 617 g/mol. The maximum absolute atomic E-state index is 15.2. The van der Waals surface area contributed by atoms with Gasteiger partial charge in [0.05, 0.1) is 44.0 Å². The summed E-state index contributed by atoms with van der Waals surface area (Å²) in [6.45, 7) is 2.76. The Morgan fingerprint density at radius 2 is 1.89 bits per heavy atom. The van der Waals surface area contributed by atoms with Crippen molar-refractivity contribution in [3.8, 4) is 17.6 Å². The molecule has 0 aliphatic rings. The van der Waals surface area contributed by atoms with Gasteiger partial charge in [-0.05, 0) is 77.8 Å². The van der Waals surface area contributed by atoms with Crippen LogP contribution in [0.2, 0.25) is 5.02 Å². The summed E-state index contributed by atoms with van der Waals surface area (Å²) in [6.07, 6.45) is -0.386. The Morgan fingerprint density at radius 3 is 2.51 bits per heavy atom. The zero-order chi connectivity index (χ0) is 26.6. The Hall–Kier alpha value is -2.46. The molecule has 0 saturated heterocycles. The number of ether oxygens (including phenoxy) is 1. The van der Waals surface area contributed by atoms with Crippen LogP contribution >= 0.6 is 27.5 Å². The maximum Gasteiger partial charge on any atom is 1.00 e. The number of carbonyl (C=O) groups is 2. The number of nitriles is 1. The molecule has 3 aromatic rings. The second-order valence-corrected chi connectivity index (χ2v) is 10.4. The average Bonchev–Trinajstić information content (AvgIpc) is 2.78. The van der Waals surface area contributed by atoms with Crippen LogP contribution in [0, 0.1) is 24.1 Å². The van der Waals surface area contributed by atoms with Crippen molar-refractivity contribution < 1.29 is 56.7 Å². The third-order valence-corrected chi connectivity index (χ3v) is 6.93. The molecule has 0 heterocycles. The first-order chi connectivity index (χ1) is 16.9. The molecule has 0 unspecified atom stereocenters. The van der Waals surface area contributed by atoms with Crippen molar-refractivity contribution in [1.82, 2.24) is 0 Å². The Bertz CT molecular complexity index is 1530. The standard InChI is InChI=1S/C24H18BrClFN3O5S.Na/c1-13-7-15(12-28)9-17(8-13)35-24-19(25)5-3-16(23(24)27)10-22(32)29-21-6-4-18(11-20(21)26)36(33,34)30-14(2)31;/h3-9,11H,10H2,1-2H3,(H2,29,30,31,32);/q;+1/p-1. The molecule has 3 aromatic carbocycles. The number of nitrogens with one attached hydrogen (secondary N) is 1. The largest absolute Gasteiger partial charge is 1.00 e. The van der Waals surface area contributed by atoms with E-state index in [-0.39, 0.29) is 68.6 Å². The summed E-state index contributed by atoms with van der Waals surface area (Å²) in [5, 5.41) is 11.5. The Labute approximate surface area is 248 Å². The third kappa shape index (κ3) is 8.01. The second kappa shape index (κ2) is 12.9. The number of amides is 2. The predicted octanol–water partition coefficient (Wildman–Crippen LogP) is 3.01. The summed E-state index contributed by atoms with van der Waals surface area (Å²) in [4.78, 5) is 23.3. The van der Waals surface area contributed by atoms with Crippen molar-refractivity contribution in [3.63, 3.8) is 0 Å². The van der Waals surface area contributed by atoms with Crippen LogP contribution in [0.1, 0.15) is 23.6 Å². The molecule has 0 aliphatic carbocycles. The molecule has 1 N–H and O–H groups in total. The van der Waals surface area contributed by atoms with Gasteiger partial charge in [0.1, 0.15) is 15.8 Å². The van der Waals surface area contributed by atoms with E-state index in [9.17, 15) is 18.0 Å². The molecule has 0 bridgehead atoms. The van der Waals surface area contributed by atoms with E-state index in [1.807, 2.05) is 6.07 Å². The van der Waals surface area contributed by atoms with Crippen molar-refractivity contribution in [2.45, 2.75) is 25.2 Å². The third-order valence-electron chi connectivity index (χ3n) is 4.64. The molecule has 0 radical (unpaired) electrons. The van der Waals surface area contributed by atoms with Gasteiger partial charge in [-0.3, -0.25) is 4.79 Å². The number of sulfonamides is 1. The summed E-state index contributed by atoms with van der Waals surface area (Å²) in [6, 6.07) is 13.1. The van der Waals surface area contributed by atoms with Gasteiger partial charge in [-0.25, -0.2) is 12.8 Å². The van der Waals surface area contributed by atoms with E-state index in [1.54, 1.807) is 19.1 Å². The molecular weight excluding hydrogens is 600 g/mol. The number of halogens is 3. The summed E-state index contributed by atoms with van der Waals surface area (Å²) >= 11 is 9.33. The molecular formula is C24H17BrClFN3NaO5S. The normalized spacial score (nSPS) is 10.6. The van der Waals surface area contributed by atoms with Crippen LogP contribution in [0.4, 0.5) is 10.1 Å². The quantitative estimate of drug-likeness (QED) is 0.407. The van der Waals surface area contributed by atoms with Gasteiger partial charge >= 0.3 is 29.6 Å². The van der Waals surface area contributed by atoms with E-state index in [0.29, 0.717) is 10.0 Å². The van der Waals surface area contributed by atoms with Crippen LogP contribution in [0.15, 0.2) is 57.9 Å². The zero-order valence-corrected chi connectivity index (χ0v) is 25.0. The molecule has 37 heavy (non-hydrogen) atoms. The molecule has 0 atom stereocenters. The number of rotatable bonds is 7. The van der Waals surface area contributed by atoms with Crippen molar-refractivity contribution in [3.05, 3.63) is 85.3 Å². The van der Waals surface area contributed by atoms with E-state index in [2.05, 4.69) is 26.0 Å². The Balaban J connectivity index is 0.00000481. The number of aryl methyl sites for hydroxylation is 1. The number of hydrogen-bond acceptors (Lipinski definition) is 6. The van der Waals surface area contributed by atoms with Crippen LogP contribution in [0.25, 0.3) is 4.72 Å². The minimum absolute atomic E-state index is 0. The van der Waals surface area contributed by atoms with Crippen molar-refractivity contribution in [1.29, 1.82) is 5.26 Å². The fraction of sp³-hybridized carbons (Fsp3) is 0.125. The van der Waals surface area contributed by atoms with E-state index in [0.717, 1.165) is 24.6 Å². The first-order valence-electron chi connectivity index (χ1n) is 10.1. The monoisotopic (exact) mass is 615 g/mol. The first kappa shape index (κ1) is 30.8. The molecule has 0 saturated carbocycles. The van der Waals surface area contributed by atoms with Crippen LogP contribution < -0.4 is 39.6 Å². The second-order valence-electron chi connectivity index (χ2n) is 7.55. The molecule has 0 fully saturated rings. The summed E-state index contributed by atoms with van der Waals surface area (Å²) in [5.74, 6) is -2.20. The van der Waals surface area contributed by atoms with Crippen LogP contribution in [0.5, 0.6) is 11.5 Å². The number of carbonyl (C=O) groups excluding carboxylic acids is 2. The van der Waals surface area contributed by atoms with Gasteiger partial charge in [-0.1, -0.05) is 17.7 Å². The minimum atomic E-state index is -4.23. The Morgan fingerprint density at radius 1 is 1.19 bits per heavy atom. The number of anilines is 1. The van der Waals surface area contributed by atoms with Gasteiger partial charge in [0.2, 0.25) is 5.91 Å². The zero-order valence-electron chi connectivity index (χ0n) is 19.8. The van der Waals surface area contributed by atoms with Gasteiger partial charge in [0, 0.05) is 5.56 Å². The first-order valence-corrected chi connectivity index (χ1v) is 12.7. The van der Waals surface area contributed by atoms with Gasteiger partial charge < -0.3 is 19.6 Å². The maximum atomic E-state index is 15.2. The SMILES string of the molecule is CC(=O)[N-]S(=O)(=O)c1ccc(NC(=O)Cc2ccc(Br)c(Oc3cc(C)cc(C#N)c3)c2F)c(Cl)c1.[Na+]. The van der Waals surface area contributed by atoms with E-state index >= 15 is 4.39 Å². The van der Waals surface area contributed by atoms with E-state index in [4.69, 9.17) is 21.6 Å². The van der Waals surface area contributed by atoms with Gasteiger partial charge in [-0.15, -0.1) is 0 Å². The number of nitrogens with zero attached hydrogens (tertiary/aromatic N) is 2. The molecule has 0 aliphatic heterocycles. The minimum Gasteiger partial charge on any atom is -0.542 e. The predicted molar refractivity (Wildman–Crippen MR) is 135 cm³/mol. The van der Waals surface area contributed by atoms with Crippen LogP contribution in [-0.2, 0) is 26.0 Å². The summed E-state index contributed by atoms with van der Waals surface area (Å²) in [7, 11) is -4.23. The summed E-state index contributed by atoms with van der Waals surface area (Å²) < 4.78 is 48.4. The molecule has 3 rings (SSSR count). The molecule has 0 spiro atoms. The summed E-state index contributed by atoms with van der Waals surface area (Å²) in [5.41, 5.74) is 1.21. The van der Waals surface area contributed by atoms with Crippen LogP contribution in [0.3, 0.4) is 0 Å². The van der Waals surface area contributed by atoms with Crippen molar-refractivity contribution in [2.24, 2.45) is 0 Å². The van der Waals surface area contributed by atoms with Gasteiger partial charge in [0.25, 0.3) is 0 Å². The van der Waals surface area contributed by atoms with Crippen LogP contribution in [-0.4, -0.2) is 20.2 Å². The molecule has 186 valence electrons. The number of hydrogen-bond donors (Lipinski definition) is 1. The number of benzene rings is 3. The van der Waals surface area contributed by atoms with Crippen molar-refractivity contribution in [2.75, 3.05) is 5.32 Å². The van der Waals surface area contributed by atoms with Gasteiger partial charge in [-0.2, -0.15) is 5.26 Å². The molecule has 8 nitrogen and oxygen atoms in total.